The Bertz CT molecular complexity index is 968. The van der Waals surface area contributed by atoms with Crippen molar-refractivity contribution in [1.29, 1.82) is 5.26 Å². The number of hydrogen-bond donors (Lipinski definition) is 1. The summed E-state index contributed by atoms with van der Waals surface area (Å²) in [5.74, 6) is 0.486. The van der Waals surface area contributed by atoms with Gasteiger partial charge in [-0.05, 0) is 37.3 Å². The number of nitrogens with zero attached hydrogens (tertiary/aromatic N) is 4. The van der Waals surface area contributed by atoms with Gasteiger partial charge in [-0.1, -0.05) is 6.07 Å². The average molecular weight is 291 g/mol. The number of nitrogens with one attached hydrogen (secondary N) is 1. The number of anilines is 1. The second-order valence-corrected chi connectivity index (χ2v) is 4.81. The summed E-state index contributed by atoms with van der Waals surface area (Å²) in [7, 11) is 1.71. The fourth-order valence-electron chi connectivity index (χ4n) is 2.33. The van der Waals surface area contributed by atoms with Crippen molar-refractivity contribution in [1.82, 2.24) is 14.5 Å². The van der Waals surface area contributed by atoms with E-state index in [1.165, 1.54) is 4.57 Å². The van der Waals surface area contributed by atoms with Crippen LogP contribution in [-0.2, 0) is 0 Å². The van der Waals surface area contributed by atoms with Gasteiger partial charge in [-0.3, -0.25) is 0 Å². The number of aryl methyl sites for hydroxylation is 1. The molecule has 1 N–H and O–H groups in total. The third-order valence-corrected chi connectivity index (χ3v) is 3.35. The number of nitriles is 1. The van der Waals surface area contributed by atoms with Crippen LogP contribution in [0.5, 0.6) is 0 Å². The molecule has 0 spiro atoms. The number of benzene rings is 1. The fourth-order valence-corrected chi connectivity index (χ4v) is 2.33. The van der Waals surface area contributed by atoms with Crippen LogP contribution in [0.2, 0.25) is 0 Å². The molecular formula is C16H13N5O. The summed E-state index contributed by atoms with van der Waals surface area (Å²) in [4.78, 5) is 20.9. The van der Waals surface area contributed by atoms with E-state index in [4.69, 9.17) is 5.26 Å². The van der Waals surface area contributed by atoms with Crippen LogP contribution in [-0.4, -0.2) is 21.6 Å². The second kappa shape index (κ2) is 5.30. The van der Waals surface area contributed by atoms with Crippen molar-refractivity contribution in [3.05, 3.63) is 58.1 Å². The van der Waals surface area contributed by atoms with Crippen LogP contribution in [0.15, 0.2) is 41.2 Å². The van der Waals surface area contributed by atoms with E-state index in [-0.39, 0.29) is 0 Å². The van der Waals surface area contributed by atoms with E-state index in [0.29, 0.717) is 22.7 Å². The zero-order chi connectivity index (χ0) is 15.7. The maximum atomic E-state index is 12.4. The first-order chi connectivity index (χ1) is 10.6. The van der Waals surface area contributed by atoms with Crippen molar-refractivity contribution in [3.8, 4) is 11.8 Å². The molecule has 22 heavy (non-hydrogen) atoms. The molecule has 3 aromatic rings. The summed E-state index contributed by atoms with van der Waals surface area (Å²) >= 11 is 0. The molecule has 2 aromatic heterocycles. The van der Waals surface area contributed by atoms with E-state index in [9.17, 15) is 4.79 Å². The van der Waals surface area contributed by atoms with Crippen LogP contribution in [0, 0.1) is 18.3 Å². The molecule has 0 unspecified atom stereocenters. The van der Waals surface area contributed by atoms with Gasteiger partial charge in [0.1, 0.15) is 5.82 Å². The van der Waals surface area contributed by atoms with Crippen molar-refractivity contribution >= 4 is 16.9 Å². The number of rotatable bonds is 2. The van der Waals surface area contributed by atoms with Crippen LogP contribution < -0.4 is 11.0 Å². The Balaban J connectivity index is 2.43. The molecule has 2 heterocycles. The molecule has 0 aliphatic carbocycles. The zero-order valence-corrected chi connectivity index (χ0v) is 12.2. The summed E-state index contributed by atoms with van der Waals surface area (Å²) in [6.45, 7) is 1.86. The topological polar surface area (TPSA) is 83.6 Å². The molecule has 0 aliphatic heterocycles. The first-order valence-corrected chi connectivity index (χ1v) is 6.73. The molecule has 0 amide bonds. The number of aromatic nitrogens is 3. The second-order valence-electron chi connectivity index (χ2n) is 4.81. The Morgan fingerprint density at radius 1 is 1.23 bits per heavy atom. The summed E-state index contributed by atoms with van der Waals surface area (Å²) < 4.78 is 1.42. The Morgan fingerprint density at radius 3 is 2.77 bits per heavy atom. The van der Waals surface area contributed by atoms with Crippen LogP contribution in [0.1, 0.15) is 11.3 Å². The van der Waals surface area contributed by atoms with E-state index in [0.717, 1.165) is 11.1 Å². The maximum absolute atomic E-state index is 12.4. The Kier molecular flexibility index (Phi) is 3.31. The summed E-state index contributed by atoms with van der Waals surface area (Å²) in [6, 6.07) is 12.6. The smallest absolute Gasteiger partial charge is 0.355 e. The molecular weight excluding hydrogens is 278 g/mol. The van der Waals surface area contributed by atoms with Gasteiger partial charge in [-0.25, -0.2) is 14.3 Å². The van der Waals surface area contributed by atoms with Gasteiger partial charge < -0.3 is 5.32 Å². The van der Waals surface area contributed by atoms with Crippen molar-refractivity contribution < 1.29 is 0 Å². The number of hydrogen-bond acceptors (Lipinski definition) is 5. The van der Waals surface area contributed by atoms with E-state index in [1.807, 2.05) is 19.1 Å². The minimum atomic E-state index is -0.440. The Labute approximate surface area is 126 Å². The lowest BCUT2D eigenvalue weighted by molar-refractivity contribution is 0.937. The Hall–Kier alpha value is -3.20. The van der Waals surface area contributed by atoms with E-state index in [2.05, 4.69) is 21.4 Å². The molecule has 6 heteroatoms. The predicted octanol–water partition coefficient (Wildman–Crippen LogP) is 2.00. The molecule has 0 radical (unpaired) electrons. The van der Waals surface area contributed by atoms with Crippen LogP contribution in [0.25, 0.3) is 16.7 Å². The molecule has 0 bridgehead atoms. The van der Waals surface area contributed by atoms with Crippen molar-refractivity contribution in [2.75, 3.05) is 12.4 Å². The largest absolute Gasteiger partial charge is 0.372 e. The summed E-state index contributed by atoms with van der Waals surface area (Å²) in [5.41, 5.74) is 1.92. The first-order valence-electron chi connectivity index (χ1n) is 6.73. The summed E-state index contributed by atoms with van der Waals surface area (Å²) in [6.07, 6.45) is 0. The molecule has 0 saturated heterocycles. The SMILES string of the molecule is CNc1nc(=O)n(-c2cccc(C#N)c2)c2nc(C)ccc12. The minimum absolute atomic E-state index is 0.440. The normalized spacial score (nSPS) is 10.4. The molecule has 0 fully saturated rings. The van der Waals surface area contributed by atoms with Crippen LogP contribution in [0.3, 0.4) is 0 Å². The average Bonchev–Trinajstić information content (AvgIpc) is 2.53. The van der Waals surface area contributed by atoms with Gasteiger partial charge in [0.15, 0.2) is 5.65 Å². The zero-order valence-electron chi connectivity index (χ0n) is 12.2. The predicted molar refractivity (Wildman–Crippen MR) is 84.1 cm³/mol. The minimum Gasteiger partial charge on any atom is -0.372 e. The van der Waals surface area contributed by atoms with Gasteiger partial charge in [0.05, 0.1) is 22.7 Å². The van der Waals surface area contributed by atoms with Gasteiger partial charge in [-0.15, -0.1) is 0 Å². The van der Waals surface area contributed by atoms with Crippen LogP contribution in [0.4, 0.5) is 5.82 Å². The Morgan fingerprint density at radius 2 is 2.05 bits per heavy atom. The number of pyridine rings is 1. The van der Waals surface area contributed by atoms with Crippen LogP contribution >= 0.6 is 0 Å². The highest BCUT2D eigenvalue weighted by atomic mass is 16.1. The molecule has 0 saturated carbocycles. The molecule has 6 nitrogen and oxygen atoms in total. The van der Waals surface area contributed by atoms with Crippen molar-refractivity contribution in [2.45, 2.75) is 6.92 Å². The van der Waals surface area contributed by atoms with Gasteiger partial charge in [0, 0.05) is 12.7 Å². The lowest BCUT2D eigenvalue weighted by Crippen LogP contribution is -2.24. The highest BCUT2D eigenvalue weighted by Gasteiger charge is 2.13. The third-order valence-electron chi connectivity index (χ3n) is 3.35. The molecule has 1 aromatic carbocycles. The fraction of sp³-hybridized carbons (Fsp3) is 0.125. The molecule has 0 atom stereocenters. The monoisotopic (exact) mass is 291 g/mol. The molecule has 0 aliphatic rings. The lowest BCUT2D eigenvalue weighted by Gasteiger charge is -2.12. The van der Waals surface area contributed by atoms with Gasteiger partial charge >= 0.3 is 5.69 Å². The highest BCUT2D eigenvalue weighted by Crippen LogP contribution is 2.21. The number of fused-ring (bicyclic) bond motifs is 1. The van der Waals surface area contributed by atoms with Crippen molar-refractivity contribution in [3.63, 3.8) is 0 Å². The van der Waals surface area contributed by atoms with Gasteiger partial charge in [0.2, 0.25) is 0 Å². The maximum Gasteiger partial charge on any atom is 0.355 e. The van der Waals surface area contributed by atoms with Gasteiger partial charge in [-0.2, -0.15) is 10.2 Å². The quantitative estimate of drug-likeness (QED) is 0.780. The van der Waals surface area contributed by atoms with Crippen molar-refractivity contribution in [2.24, 2.45) is 0 Å². The third kappa shape index (κ3) is 2.19. The first kappa shape index (κ1) is 13.8. The standard InChI is InChI=1S/C16H13N5O/c1-10-6-7-13-14(18-2)20-16(22)21(15(13)19-10)12-5-3-4-11(8-12)9-17/h3-8H,1-2H3,(H,18,20,22). The van der Waals surface area contributed by atoms with E-state index < -0.39 is 5.69 Å². The molecule has 3 rings (SSSR count). The molecule has 108 valence electrons. The lowest BCUT2D eigenvalue weighted by atomic mass is 10.2. The van der Waals surface area contributed by atoms with E-state index in [1.54, 1.807) is 31.3 Å². The highest BCUT2D eigenvalue weighted by molar-refractivity contribution is 5.87. The van der Waals surface area contributed by atoms with Gasteiger partial charge in [0.25, 0.3) is 0 Å². The van der Waals surface area contributed by atoms with E-state index >= 15 is 0 Å². The summed E-state index contributed by atoms with van der Waals surface area (Å²) in [5, 5.41) is 12.7.